The van der Waals surface area contributed by atoms with Crippen LogP contribution in [0, 0.1) is 6.92 Å². The van der Waals surface area contributed by atoms with Crippen molar-refractivity contribution >= 4 is 28.4 Å². The fraction of sp³-hybridized carbons (Fsp3) is 0.158. The Balaban J connectivity index is 2.31. The van der Waals surface area contributed by atoms with Crippen LogP contribution in [0.5, 0.6) is 5.75 Å². The Labute approximate surface area is 143 Å². The molecule has 3 rings (SSSR count). The summed E-state index contributed by atoms with van der Waals surface area (Å²) in [7, 11) is 0. The van der Waals surface area contributed by atoms with Gasteiger partial charge in [0, 0.05) is 10.6 Å². The fourth-order valence-corrected chi connectivity index (χ4v) is 2.55. The lowest BCUT2D eigenvalue weighted by atomic mass is 10.1. The van der Waals surface area contributed by atoms with Crippen molar-refractivity contribution in [3.63, 3.8) is 0 Å². The number of fused-ring (bicyclic) bond motifs is 1. The molecule has 0 saturated heterocycles. The molecule has 0 radical (unpaired) electrons. The van der Waals surface area contributed by atoms with Gasteiger partial charge in [-0.25, -0.2) is 0 Å². The molecule has 0 aliphatic rings. The molecule has 4 nitrogen and oxygen atoms in total. The van der Waals surface area contributed by atoms with Crippen LogP contribution in [0.25, 0.3) is 22.3 Å². The molecule has 2 aromatic carbocycles. The molecule has 0 N–H and O–H groups in total. The Hall–Kier alpha value is -2.59. The highest BCUT2D eigenvalue weighted by Gasteiger charge is 2.19. The minimum atomic E-state index is -0.349. The fourth-order valence-electron chi connectivity index (χ4n) is 2.38. The molecule has 0 fully saturated rings. The largest absolute Gasteiger partial charge is 0.478 e. The predicted molar refractivity (Wildman–Crippen MR) is 93.8 cm³/mol. The van der Waals surface area contributed by atoms with Gasteiger partial charge >= 0.3 is 0 Å². The lowest BCUT2D eigenvalue weighted by molar-refractivity contribution is -0.118. The second kappa shape index (κ2) is 6.49. The van der Waals surface area contributed by atoms with Crippen LogP contribution in [0.3, 0.4) is 0 Å². The van der Waals surface area contributed by atoms with Crippen molar-refractivity contribution in [3.05, 3.63) is 63.3 Å². The highest BCUT2D eigenvalue weighted by molar-refractivity contribution is 6.32. The monoisotopic (exact) mass is 342 g/mol. The van der Waals surface area contributed by atoms with Gasteiger partial charge < -0.3 is 9.15 Å². The van der Waals surface area contributed by atoms with Gasteiger partial charge in [0.25, 0.3) is 0 Å². The van der Waals surface area contributed by atoms with Crippen molar-refractivity contribution in [2.24, 2.45) is 0 Å². The van der Waals surface area contributed by atoms with Gasteiger partial charge in [-0.1, -0.05) is 41.9 Å². The zero-order chi connectivity index (χ0) is 17.3. The summed E-state index contributed by atoms with van der Waals surface area (Å²) in [6.07, 6.45) is 0. The third-order valence-corrected chi connectivity index (χ3v) is 3.99. The summed E-state index contributed by atoms with van der Waals surface area (Å²) in [5.41, 5.74) is 1.58. The normalized spacial score (nSPS) is 10.8. The number of hydrogen-bond donors (Lipinski definition) is 0. The van der Waals surface area contributed by atoms with Crippen molar-refractivity contribution in [1.82, 2.24) is 0 Å². The van der Waals surface area contributed by atoms with Gasteiger partial charge in [-0.15, -0.1) is 0 Å². The molecule has 1 aromatic heterocycles. The van der Waals surface area contributed by atoms with Gasteiger partial charge in [0.2, 0.25) is 11.2 Å². The number of rotatable bonds is 4. The third kappa shape index (κ3) is 3.05. The average molecular weight is 343 g/mol. The Morgan fingerprint density at radius 1 is 1.21 bits per heavy atom. The van der Waals surface area contributed by atoms with E-state index in [0.29, 0.717) is 27.3 Å². The van der Waals surface area contributed by atoms with Gasteiger partial charge in [-0.3, -0.25) is 9.59 Å². The molecule has 0 atom stereocenters. The summed E-state index contributed by atoms with van der Waals surface area (Å²) >= 11 is 6.12. The molecular formula is C19H15ClO4. The number of halogens is 1. The summed E-state index contributed by atoms with van der Waals surface area (Å²) in [5, 5.41) is 0.795. The molecule has 0 bridgehead atoms. The van der Waals surface area contributed by atoms with E-state index in [0.717, 1.165) is 5.56 Å². The van der Waals surface area contributed by atoms with E-state index < -0.39 is 0 Å². The van der Waals surface area contributed by atoms with Crippen molar-refractivity contribution in [3.8, 4) is 17.1 Å². The lowest BCUT2D eigenvalue weighted by Crippen LogP contribution is -2.15. The maximum absolute atomic E-state index is 12.8. The molecule has 0 saturated carbocycles. The summed E-state index contributed by atoms with van der Waals surface area (Å²) in [6, 6.07) is 12.4. The quantitative estimate of drug-likeness (QED) is 0.705. The van der Waals surface area contributed by atoms with Crippen molar-refractivity contribution in [1.29, 1.82) is 0 Å². The number of Topliss-reactive ketones (excluding diaryl/α,β-unsaturated/α-hetero) is 1. The highest BCUT2D eigenvalue weighted by Crippen LogP contribution is 2.32. The SMILES string of the molecule is CC(=O)COc1c(-c2ccccc2)oc2cc(C)c(Cl)cc2c1=O. The van der Waals surface area contributed by atoms with Gasteiger partial charge in [0.1, 0.15) is 12.2 Å². The topological polar surface area (TPSA) is 56.5 Å². The van der Waals surface area contributed by atoms with E-state index in [-0.39, 0.29) is 23.6 Å². The molecule has 0 spiro atoms. The number of hydrogen-bond acceptors (Lipinski definition) is 4. The number of ether oxygens (including phenoxy) is 1. The molecule has 5 heteroatoms. The number of carbonyl (C=O) groups is 1. The Morgan fingerprint density at radius 3 is 2.58 bits per heavy atom. The van der Waals surface area contributed by atoms with E-state index >= 15 is 0 Å². The first-order valence-electron chi connectivity index (χ1n) is 7.42. The van der Waals surface area contributed by atoms with Gasteiger partial charge in [-0.05, 0) is 31.5 Å². The summed E-state index contributed by atoms with van der Waals surface area (Å²) < 4.78 is 11.4. The van der Waals surface area contributed by atoms with Crippen molar-refractivity contribution < 1.29 is 13.9 Å². The third-order valence-electron chi connectivity index (χ3n) is 3.59. The zero-order valence-corrected chi connectivity index (χ0v) is 14.0. The minimum absolute atomic E-state index is 0.0174. The molecule has 0 unspecified atom stereocenters. The second-order valence-electron chi connectivity index (χ2n) is 5.54. The first kappa shape index (κ1) is 16.3. The second-order valence-corrected chi connectivity index (χ2v) is 5.95. The molecule has 24 heavy (non-hydrogen) atoms. The van der Waals surface area contributed by atoms with Crippen LogP contribution < -0.4 is 10.2 Å². The van der Waals surface area contributed by atoms with E-state index in [1.165, 1.54) is 6.92 Å². The van der Waals surface area contributed by atoms with E-state index in [4.69, 9.17) is 20.8 Å². The van der Waals surface area contributed by atoms with Gasteiger partial charge in [0.05, 0.1) is 5.39 Å². The van der Waals surface area contributed by atoms with Crippen LogP contribution in [0.15, 0.2) is 51.7 Å². The highest BCUT2D eigenvalue weighted by atomic mass is 35.5. The predicted octanol–water partition coefficient (Wildman–Crippen LogP) is 4.39. The molecule has 122 valence electrons. The summed E-state index contributed by atoms with van der Waals surface area (Å²) in [4.78, 5) is 24.1. The number of ketones is 1. The lowest BCUT2D eigenvalue weighted by Gasteiger charge is -2.11. The van der Waals surface area contributed by atoms with Crippen LogP contribution in [0.2, 0.25) is 5.02 Å². The maximum Gasteiger partial charge on any atom is 0.235 e. The van der Waals surface area contributed by atoms with E-state index in [1.54, 1.807) is 12.1 Å². The standard InChI is InChI=1S/C19H15ClO4/c1-11-8-16-14(9-15(11)20)17(22)19(23-10-12(2)21)18(24-16)13-6-4-3-5-7-13/h3-9H,10H2,1-2H3. The Morgan fingerprint density at radius 2 is 1.92 bits per heavy atom. The summed E-state index contributed by atoms with van der Waals surface area (Å²) in [5.74, 6) is 0.135. The van der Waals surface area contributed by atoms with Gasteiger partial charge in [0.15, 0.2) is 11.5 Å². The van der Waals surface area contributed by atoms with Crippen molar-refractivity contribution in [2.45, 2.75) is 13.8 Å². The molecule has 1 heterocycles. The van der Waals surface area contributed by atoms with Crippen LogP contribution in [-0.4, -0.2) is 12.4 Å². The molecule has 3 aromatic rings. The smallest absolute Gasteiger partial charge is 0.235 e. The number of carbonyl (C=O) groups excluding carboxylic acids is 1. The first-order valence-corrected chi connectivity index (χ1v) is 7.80. The first-order chi connectivity index (χ1) is 11.5. The van der Waals surface area contributed by atoms with Crippen LogP contribution >= 0.6 is 11.6 Å². The number of benzene rings is 2. The molecule has 0 amide bonds. The van der Waals surface area contributed by atoms with Crippen molar-refractivity contribution in [2.75, 3.05) is 6.61 Å². The van der Waals surface area contributed by atoms with Gasteiger partial charge in [-0.2, -0.15) is 0 Å². The van der Waals surface area contributed by atoms with E-state index in [2.05, 4.69) is 0 Å². The minimum Gasteiger partial charge on any atom is -0.478 e. The summed E-state index contributed by atoms with van der Waals surface area (Å²) in [6.45, 7) is 3.03. The van der Waals surface area contributed by atoms with Crippen LogP contribution in [-0.2, 0) is 4.79 Å². The Kier molecular flexibility index (Phi) is 4.40. The maximum atomic E-state index is 12.8. The van der Waals surface area contributed by atoms with Crippen LogP contribution in [0.4, 0.5) is 0 Å². The zero-order valence-electron chi connectivity index (χ0n) is 13.3. The number of aryl methyl sites for hydroxylation is 1. The molecule has 0 aliphatic carbocycles. The van der Waals surface area contributed by atoms with E-state index in [9.17, 15) is 9.59 Å². The molecule has 0 aliphatic heterocycles. The molecular weight excluding hydrogens is 328 g/mol. The average Bonchev–Trinajstić information content (AvgIpc) is 2.56. The van der Waals surface area contributed by atoms with E-state index in [1.807, 2.05) is 37.3 Å². The Bertz CT molecular complexity index is 974. The van der Waals surface area contributed by atoms with Crippen LogP contribution in [0.1, 0.15) is 12.5 Å².